The summed E-state index contributed by atoms with van der Waals surface area (Å²) in [6.45, 7) is 0.0537. The van der Waals surface area contributed by atoms with E-state index in [1.807, 2.05) is 18.2 Å². The number of hydrogen-bond acceptors (Lipinski definition) is 2. The lowest BCUT2D eigenvalue weighted by atomic mass is 9.84. The second-order valence-corrected chi connectivity index (χ2v) is 8.38. The van der Waals surface area contributed by atoms with Crippen LogP contribution in [0.5, 0.6) is 0 Å². The van der Waals surface area contributed by atoms with Gasteiger partial charge in [-0.3, -0.25) is 4.79 Å². The van der Waals surface area contributed by atoms with Crippen LogP contribution in [0.4, 0.5) is 4.39 Å². The summed E-state index contributed by atoms with van der Waals surface area (Å²) in [6.07, 6.45) is 8.00. The summed E-state index contributed by atoms with van der Waals surface area (Å²) >= 11 is 5.89. The molecule has 1 aromatic heterocycles. The van der Waals surface area contributed by atoms with Crippen molar-refractivity contribution in [3.63, 3.8) is 0 Å². The number of nitrogens with zero attached hydrogens (tertiary/aromatic N) is 1. The lowest BCUT2D eigenvalue weighted by Crippen LogP contribution is -2.26. The molecule has 3 aromatic rings. The van der Waals surface area contributed by atoms with Crippen molar-refractivity contribution >= 4 is 22.5 Å². The summed E-state index contributed by atoms with van der Waals surface area (Å²) in [6, 6.07) is 12.2. The molecule has 1 N–H and O–H groups in total. The van der Waals surface area contributed by atoms with Crippen LogP contribution in [-0.4, -0.2) is 16.3 Å². The van der Waals surface area contributed by atoms with Gasteiger partial charge in [-0.1, -0.05) is 49.1 Å². The van der Waals surface area contributed by atoms with E-state index in [-0.39, 0.29) is 23.1 Å². The predicted octanol–water partition coefficient (Wildman–Crippen LogP) is 5.50. The molecule has 0 bridgehead atoms. The van der Waals surface area contributed by atoms with E-state index in [1.54, 1.807) is 24.4 Å². The Labute approximate surface area is 174 Å². The van der Waals surface area contributed by atoms with Gasteiger partial charge >= 0.3 is 0 Å². The van der Waals surface area contributed by atoms with Crippen LogP contribution >= 0.6 is 11.6 Å². The highest BCUT2D eigenvalue weighted by Crippen LogP contribution is 2.34. The van der Waals surface area contributed by atoms with Gasteiger partial charge in [0.25, 0.3) is 0 Å². The molecule has 1 heterocycles. The second kappa shape index (κ2) is 8.68. The predicted molar refractivity (Wildman–Crippen MR) is 115 cm³/mol. The summed E-state index contributed by atoms with van der Waals surface area (Å²) < 4.78 is 16.3. The monoisotopic (exact) mass is 413 g/mol. The second-order valence-electron chi connectivity index (χ2n) is 7.98. The van der Waals surface area contributed by atoms with Gasteiger partial charge in [-0.15, -0.1) is 0 Å². The van der Waals surface area contributed by atoms with Crippen LogP contribution in [0, 0.1) is 11.7 Å². The number of halogens is 2. The molecular weight excluding hydrogens is 389 g/mol. The Morgan fingerprint density at radius 3 is 2.69 bits per heavy atom. The molecule has 2 aromatic carbocycles. The smallest absolute Gasteiger partial charge is 0.189 e. The van der Waals surface area contributed by atoms with Gasteiger partial charge in [0, 0.05) is 24.1 Å². The van der Waals surface area contributed by atoms with Gasteiger partial charge in [0.05, 0.1) is 23.2 Å². The molecule has 0 spiro atoms. The molecular formula is C24H25ClFNO2. The Hall–Kier alpha value is -2.17. The van der Waals surface area contributed by atoms with Crippen molar-refractivity contribution in [2.24, 2.45) is 5.92 Å². The fourth-order valence-electron chi connectivity index (χ4n) is 4.61. The van der Waals surface area contributed by atoms with E-state index in [2.05, 4.69) is 4.57 Å². The quantitative estimate of drug-likeness (QED) is 0.600. The van der Waals surface area contributed by atoms with Gasteiger partial charge in [0.15, 0.2) is 5.43 Å². The highest BCUT2D eigenvalue weighted by Gasteiger charge is 2.25. The molecule has 1 saturated carbocycles. The maximum absolute atomic E-state index is 14.3. The summed E-state index contributed by atoms with van der Waals surface area (Å²) in [5.74, 6) is -0.00272. The molecule has 1 fully saturated rings. The van der Waals surface area contributed by atoms with E-state index >= 15 is 0 Å². The normalized spacial score (nSPS) is 16.2. The lowest BCUT2D eigenvalue weighted by molar-refractivity contribution is 0.155. The number of fused-ring (bicyclic) bond motifs is 1. The number of aromatic nitrogens is 1. The zero-order valence-electron chi connectivity index (χ0n) is 16.3. The van der Waals surface area contributed by atoms with Crippen molar-refractivity contribution in [3.8, 4) is 0 Å². The Morgan fingerprint density at radius 2 is 1.93 bits per heavy atom. The summed E-state index contributed by atoms with van der Waals surface area (Å²) in [7, 11) is 0. The minimum atomic E-state index is -0.419. The topological polar surface area (TPSA) is 42.2 Å². The molecule has 0 saturated heterocycles. The van der Waals surface area contributed by atoms with Crippen LogP contribution in [0.3, 0.4) is 0 Å². The average Bonchev–Trinajstić information content (AvgIpc) is 2.74. The van der Waals surface area contributed by atoms with Crippen molar-refractivity contribution in [2.45, 2.75) is 44.6 Å². The molecule has 5 heteroatoms. The SMILES string of the molecule is O=c1ccn([C@H](CO)C2CCCCC2)c2ccc(Cc3cccc(Cl)c3F)cc12. The van der Waals surface area contributed by atoms with Crippen molar-refractivity contribution in [1.29, 1.82) is 0 Å². The molecule has 1 atom stereocenters. The Balaban J connectivity index is 1.73. The van der Waals surface area contributed by atoms with Crippen molar-refractivity contribution in [2.75, 3.05) is 6.61 Å². The van der Waals surface area contributed by atoms with E-state index in [1.165, 1.54) is 25.3 Å². The first-order valence-electron chi connectivity index (χ1n) is 10.3. The third-order valence-corrected chi connectivity index (χ3v) is 6.45. The zero-order valence-corrected chi connectivity index (χ0v) is 17.0. The highest BCUT2D eigenvalue weighted by atomic mass is 35.5. The molecule has 152 valence electrons. The van der Waals surface area contributed by atoms with Crippen LogP contribution in [0.15, 0.2) is 53.5 Å². The van der Waals surface area contributed by atoms with Crippen LogP contribution < -0.4 is 5.43 Å². The fraction of sp³-hybridized carbons (Fsp3) is 0.375. The summed E-state index contributed by atoms with van der Waals surface area (Å²) in [5.41, 5.74) is 2.11. The zero-order chi connectivity index (χ0) is 20.4. The molecule has 29 heavy (non-hydrogen) atoms. The molecule has 0 unspecified atom stereocenters. The minimum Gasteiger partial charge on any atom is -0.394 e. The Bertz CT molecular complexity index is 1070. The number of aliphatic hydroxyl groups excluding tert-OH is 1. The number of hydrogen-bond donors (Lipinski definition) is 1. The standard InChI is InChI=1S/C24H25ClFNO2/c25-20-8-4-7-18(24(20)26)13-16-9-10-21-19(14-16)23(29)11-12-27(21)22(15-28)17-5-2-1-3-6-17/h4,7-12,14,17,22,28H,1-3,5-6,13,15H2/t22-/m1/s1. The lowest BCUT2D eigenvalue weighted by Gasteiger charge is -2.32. The van der Waals surface area contributed by atoms with Crippen molar-refractivity contribution < 1.29 is 9.50 Å². The van der Waals surface area contributed by atoms with Crippen LogP contribution in [0.2, 0.25) is 5.02 Å². The van der Waals surface area contributed by atoms with E-state index in [4.69, 9.17) is 11.6 Å². The number of pyridine rings is 1. The number of rotatable bonds is 5. The van der Waals surface area contributed by atoms with Crippen molar-refractivity contribution in [1.82, 2.24) is 4.57 Å². The van der Waals surface area contributed by atoms with E-state index < -0.39 is 5.82 Å². The van der Waals surface area contributed by atoms with Crippen molar-refractivity contribution in [3.05, 3.63) is 80.9 Å². The average molecular weight is 414 g/mol. The molecule has 0 amide bonds. The molecule has 1 aliphatic carbocycles. The first kappa shape index (κ1) is 20.1. The van der Waals surface area contributed by atoms with E-state index in [0.717, 1.165) is 23.9 Å². The van der Waals surface area contributed by atoms with Crippen LogP contribution in [0.1, 0.15) is 49.3 Å². The minimum absolute atomic E-state index is 0.0328. The molecule has 3 nitrogen and oxygen atoms in total. The van der Waals surface area contributed by atoms with Gasteiger partial charge in [0.2, 0.25) is 0 Å². The molecule has 0 radical (unpaired) electrons. The van der Waals surface area contributed by atoms with Gasteiger partial charge in [-0.05, 0) is 48.1 Å². The summed E-state index contributed by atoms with van der Waals surface area (Å²) in [5, 5.41) is 10.8. The Kier molecular flexibility index (Phi) is 6.02. The maximum atomic E-state index is 14.3. The molecule has 1 aliphatic rings. The number of aliphatic hydroxyl groups is 1. The molecule has 4 rings (SSSR count). The van der Waals surface area contributed by atoms with E-state index in [9.17, 15) is 14.3 Å². The largest absolute Gasteiger partial charge is 0.394 e. The first-order valence-corrected chi connectivity index (χ1v) is 10.6. The van der Waals surface area contributed by atoms with Gasteiger partial charge in [-0.25, -0.2) is 4.39 Å². The first-order chi connectivity index (χ1) is 14.1. The fourth-order valence-corrected chi connectivity index (χ4v) is 4.81. The van der Waals surface area contributed by atoms with Gasteiger partial charge in [-0.2, -0.15) is 0 Å². The maximum Gasteiger partial charge on any atom is 0.189 e. The highest BCUT2D eigenvalue weighted by molar-refractivity contribution is 6.30. The summed E-state index contributed by atoms with van der Waals surface area (Å²) in [4.78, 5) is 12.6. The van der Waals surface area contributed by atoms with Crippen LogP contribution in [-0.2, 0) is 6.42 Å². The third-order valence-electron chi connectivity index (χ3n) is 6.16. The molecule has 0 aliphatic heterocycles. The van der Waals surface area contributed by atoms with Gasteiger partial charge in [0.1, 0.15) is 5.82 Å². The van der Waals surface area contributed by atoms with Crippen LogP contribution in [0.25, 0.3) is 10.9 Å². The van der Waals surface area contributed by atoms with Gasteiger partial charge < -0.3 is 9.67 Å². The number of benzene rings is 2. The van der Waals surface area contributed by atoms with E-state index in [0.29, 0.717) is 23.3 Å². The third kappa shape index (κ3) is 4.10. The Morgan fingerprint density at radius 1 is 1.14 bits per heavy atom.